The number of aromatic nitrogens is 5. The largest absolute Gasteiger partial charge is 0.461 e. The molecular weight excluding hydrogens is 448 g/mol. The van der Waals surface area contributed by atoms with E-state index in [0.717, 1.165) is 60.7 Å². The Morgan fingerprint density at radius 3 is 2.85 bits per heavy atom. The Balaban J connectivity index is 1.34. The molecule has 0 saturated heterocycles. The van der Waals surface area contributed by atoms with E-state index in [1.54, 1.807) is 11.3 Å². The topological polar surface area (TPSA) is 78.1 Å². The molecule has 34 heavy (non-hydrogen) atoms. The van der Waals surface area contributed by atoms with Crippen LogP contribution in [0.1, 0.15) is 44.8 Å². The number of fused-ring (bicyclic) bond motifs is 1. The van der Waals surface area contributed by atoms with E-state index in [1.807, 2.05) is 65.3 Å². The molecule has 0 spiro atoms. The number of para-hydroxylation sites is 1. The molecule has 1 aromatic carbocycles. The van der Waals surface area contributed by atoms with Gasteiger partial charge in [0, 0.05) is 66.9 Å². The summed E-state index contributed by atoms with van der Waals surface area (Å²) in [5, 5.41) is 9.23. The van der Waals surface area contributed by atoms with Crippen LogP contribution in [0.5, 0.6) is 0 Å². The number of rotatable bonds is 8. The molecular formula is C25H28N6O2S. The number of hydrogen-bond donors (Lipinski definition) is 0. The highest BCUT2D eigenvalue weighted by atomic mass is 32.1. The molecule has 0 N–H and O–H groups in total. The molecule has 1 aliphatic heterocycles. The van der Waals surface area contributed by atoms with Crippen molar-refractivity contribution < 1.29 is 9.53 Å². The van der Waals surface area contributed by atoms with Gasteiger partial charge in [0.15, 0.2) is 5.69 Å². The Morgan fingerprint density at radius 1 is 1.24 bits per heavy atom. The number of aryl methyl sites for hydroxylation is 3. The highest BCUT2D eigenvalue weighted by Gasteiger charge is 2.29. The lowest BCUT2D eigenvalue weighted by molar-refractivity contribution is 0.0515. The number of benzene rings is 1. The van der Waals surface area contributed by atoms with E-state index >= 15 is 0 Å². The molecule has 0 saturated carbocycles. The van der Waals surface area contributed by atoms with Gasteiger partial charge in [-0.1, -0.05) is 18.2 Å². The summed E-state index contributed by atoms with van der Waals surface area (Å²) in [6.45, 7) is 7.25. The molecule has 0 aliphatic carbocycles. The van der Waals surface area contributed by atoms with Crippen molar-refractivity contribution >= 4 is 17.3 Å². The predicted molar refractivity (Wildman–Crippen MR) is 130 cm³/mol. The van der Waals surface area contributed by atoms with Crippen LogP contribution in [0.15, 0.2) is 48.2 Å². The zero-order valence-corrected chi connectivity index (χ0v) is 20.3. The van der Waals surface area contributed by atoms with Crippen LogP contribution in [0.25, 0.3) is 5.69 Å². The average Bonchev–Trinajstić information content (AvgIpc) is 3.57. The van der Waals surface area contributed by atoms with Crippen LogP contribution >= 0.6 is 11.3 Å². The van der Waals surface area contributed by atoms with Gasteiger partial charge in [-0.2, -0.15) is 10.2 Å². The van der Waals surface area contributed by atoms with Crippen molar-refractivity contribution in [1.29, 1.82) is 0 Å². The summed E-state index contributed by atoms with van der Waals surface area (Å²) in [5.74, 6) is -0.342. The van der Waals surface area contributed by atoms with Crippen LogP contribution in [-0.4, -0.2) is 48.6 Å². The van der Waals surface area contributed by atoms with Gasteiger partial charge in [-0.25, -0.2) is 14.5 Å². The second kappa shape index (κ2) is 9.90. The second-order valence-corrected chi connectivity index (χ2v) is 9.36. The molecule has 0 amide bonds. The van der Waals surface area contributed by atoms with Crippen molar-refractivity contribution in [1.82, 2.24) is 29.4 Å². The van der Waals surface area contributed by atoms with E-state index in [2.05, 4.69) is 21.2 Å². The van der Waals surface area contributed by atoms with Gasteiger partial charge in [0.1, 0.15) is 0 Å². The van der Waals surface area contributed by atoms with Gasteiger partial charge in [-0.15, -0.1) is 11.3 Å². The fourth-order valence-corrected chi connectivity index (χ4v) is 5.20. The summed E-state index contributed by atoms with van der Waals surface area (Å²) in [6.07, 6.45) is 5.68. The summed E-state index contributed by atoms with van der Waals surface area (Å²) in [4.78, 5) is 20.7. The summed E-state index contributed by atoms with van der Waals surface area (Å²) in [7, 11) is 0. The van der Waals surface area contributed by atoms with Crippen LogP contribution in [0.2, 0.25) is 0 Å². The van der Waals surface area contributed by atoms with E-state index in [1.165, 1.54) is 4.88 Å². The van der Waals surface area contributed by atoms with Crippen molar-refractivity contribution in [3.05, 3.63) is 81.3 Å². The summed E-state index contributed by atoms with van der Waals surface area (Å²) < 4.78 is 9.23. The minimum Gasteiger partial charge on any atom is -0.461 e. The van der Waals surface area contributed by atoms with Gasteiger partial charge in [-0.05, 0) is 26.0 Å². The van der Waals surface area contributed by atoms with E-state index in [9.17, 15) is 4.79 Å². The summed E-state index contributed by atoms with van der Waals surface area (Å²) in [6, 6.07) is 10.1. The van der Waals surface area contributed by atoms with Gasteiger partial charge in [0.2, 0.25) is 0 Å². The van der Waals surface area contributed by atoms with Crippen molar-refractivity contribution in [2.75, 3.05) is 13.2 Å². The lowest BCUT2D eigenvalue weighted by atomic mass is 10.0. The van der Waals surface area contributed by atoms with Crippen LogP contribution in [0.4, 0.5) is 0 Å². The van der Waals surface area contributed by atoms with Crippen LogP contribution in [-0.2, 0) is 37.2 Å². The molecule has 4 aromatic rings. The van der Waals surface area contributed by atoms with Gasteiger partial charge in [0.25, 0.3) is 0 Å². The Morgan fingerprint density at radius 2 is 2.09 bits per heavy atom. The predicted octanol–water partition coefficient (Wildman–Crippen LogP) is 3.81. The third-order valence-electron chi connectivity index (χ3n) is 6.14. The first kappa shape index (κ1) is 22.5. The number of carbonyl (C=O) groups is 1. The van der Waals surface area contributed by atoms with Crippen molar-refractivity contribution in [2.24, 2.45) is 0 Å². The first-order chi connectivity index (χ1) is 16.6. The quantitative estimate of drug-likeness (QED) is 0.360. The summed E-state index contributed by atoms with van der Waals surface area (Å²) >= 11 is 1.67. The summed E-state index contributed by atoms with van der Waals surface area (Å²) in [5.41, 5.74) is 7.70. The molecule has 0 bridgehead atoms. The Labute approximate surface area is 202 Å². The zero-order valence-electron chi connectivity index (χ0n) is 19.5. The second-order valence-electron chi connectivity index (χ2n) is 8.42. The standard InChI is InChI=1S/C25H28N6O2S/c1-3-33-25(32)24-21-16-29(14-19-13-27-31(15-19)20-7-5-4-6-8-20)11-9-22(21)30(28-24)12-10-23-18(2)26-17-34-23/h4-8,13,15,17H,3,9-12,14,16H2,1-2H3. The number of ether oxygens (including phenoxy) is 1. The molecule has 8 nitrogen and oxygen atoms in total. The maximum absolute atomic E-state index is 12.7. The lowest BCUT2D eigenvalue weighted by Crippen LogP contribution is -2.31. The minimum absolute atomic E-state index is 0.336. The fourth-order valence-electron chi connectivity index (χ4n) is 4.43. The van der Waals surface area contributed by atoms with E-state index in [4.69, 9.17) is 9.84 Å². The monoisotopic (exact) mass is 476 g/mol. The molecule has 0 radical (unpaired) electrons. The average molecular weight is 477 g/mol. The highest BCUT2D eigenvalue weighted by Crippen LogP contribution is 2.26. The normalized spacial score (nSPS) is 13.7. The van der Waals surface area contributed by atoms with Gasteiger partial charge < -0.3 is 4.74 Å². The number of carbonyl (C=O) groups excluding carboxylic acids is 1. The molecule has 1 aliphatic rings. The highest BCUT2D eigenvalue weighted by molar-refractivity contribution is 7.09. The number of esters is 1. The molecule has 9 heteroatoms. The van der Waals surface area contributed by atoms with Crippen molar-refractivity contribution in [2.45, 2.75) is 46.3 Å². The lowest BCUT2D eigenvalue weighted by Gasteiger charge is -2.27. The minimum atomic E-state index is -0.342. The van der Waals surface area contributed by atoms with E-state index in [0.29, 0.717) is 18.8 Å². The van der Waals surface area contributed by atoms with E-state index in [-0.39, 0.29) is 5.97 Å². The van der Waals surface area contributed by atoms with Crippen molar-refractivity contribution in [3.8, 4) is 5.69 Å². The third-order valence-corrected chi connectivity index (χ3v) is 7.14. The molecule has 3 aromatic heterocycles. The van der Waals surface area contributed by atoms with E-state index < -0.39 is 0 Å². The Bertz CT molecular complexity index is 1280. The molecule has 4 heterocycles. The zero-order chi connectivity index (χ0) is 23.5. The van der Waals surface area contributed by atoms with Crippen LogP contribution < -0.4 is 0 Å². The van der Waals surface area contributed by atoms with Gasteiger partial charge >= 0.3 is 5.97 Å². The van der Waals surface area contributed by atoms with Gasteiger partial charge in [0.05, 0.1) is 29.7 Å². The number of thiazole rings is 1. The number of nitrogens with zero attached hydrogens (tertiary/aromatic N) is 6. The maximum Gasteiger partial charge on any atom is 0.359 e. The first-order valence-corrected chi connectivity index (χ1v) is 12.5. The molecule has 0 fully saturated rings. The molecule has 5 rings (SSSR count). The smallest absolute Gasteiger partial charge is 0.359 e. The first-order valence-electron chi connectivity index (χ1n) is 11.6. The van der Waals surface area contributed by atoms with Gasteiger partial charge in [-0.3, -0.25) is 9.58 Å². The molecule has 0 unspecified atom stereocenters. The molecule has 176 valence electrons. The Kier molecular flexibility index (Phi) is 6.55. The van der Waals surface area contributed by atoms with Crippen LogP contribution in [0.3, 0.4) is 0 Å². The Hall–Kier alpha value is -3.30. The fraction of sp³-hybridized carbons (Fsp3) is 0.360. The maximum atomic E-state index is 12.7. The SMILES string of the molecule is CCOC(=O)c1nn(CCc2scnc2C)c2c1CN(Cc1cnn(-c3ccccc3)c1)CC2. The number of hydrogen-bond acceptors (Lipinski definition) is 7. The van der Waals surface area contributed by atoms with Crippen LogP contribution in [0, 0.1) is 6.92 Å². The molecule has 0 atom stereocenters. The third kappa shape index (κ3) is 4.67. The van der Waals surface area contributed by atoms with Crippen molar-refractivity contribution in [3.63, 3.8) is 0 Å².